The molecule has 0 aromatic carbocycles. The summed E-state index contributed by atoms with van der Waals surface area (Å²) in [5, 5.41) is 0. The monoisotopic (exact) mass is 150 g/mol. The van der Waals surface area contributed by atoms with Crippen molar-refractivity contribution in [3.05, 3.63) is 0 Å². The van der Waals surface area contributed by atoms with E-state index in [1.807, 2.05) is 0 Å². The maximum atomic E-state index is 8.74. The first-order valence-electron chi connectivity index (χ1n) is 0.651. The molecule has 0 atom stereocenters. The second-order valence-corrected chi connectivity index (χ2v) is 0.848. The minimum atomic E-state index is -3.13. The zero-order valence-corrected chi connectivity index (χ0v) is 6.30. The van der Waals surface area contributed by atoms with Crippen LogP contribution < -0.4 is 29.6 Å². The molecule has 4 N–H and O–H groups in total. The summed E-state index contributed by atoms with van der Waals surface area (Å²) in [6.45, 7) is 0. The fourth-order valence-corrected chi connectivity index (χ4v) is 0. The molecule has 7 heavy (non-hydrogen) atoms. The average molecular weight is 150 g/mol. The molecule has 0 rings (SSSR count). The molecular formula is H8AlNaO4Si. The van der Waals surface area contributed by atoms with Crippen molar-refractivity contribution in [3.63, 3.8) is 0 Å². The van der Waals surface area contributed by atoms with E-state index in [0.29, 0.717) is 0 Å². The van der Waals surface area contributed by atoms with E-state index in [-0.39, 0.29) is 53.8 Å². The SMILES string of the molecule is O.O=[Si](O)O.[AlH3].[H-].[Na+]. The summed E-state index contributed by atoms with van der Waals surface area (Å²) in [5.74, 6) is 0. The van der Waals surface area contributed by atoms with Crippen molar-refractivity contribution in [2.75, 3.05) is 0 Å². The molecule has 0 aromatic rings. The van der Waals surface area contributed by atoms with Gasteiger partial charge in [-0.3, -0.25) is 4.46 Å². The zero-order valence-electron chi connectivity index (χ0n) is 4.30. The molecule has 0 radical (unpaired) electrons. The topological polar surface area (TPSA) is 89.0 Å². The van der Waals surface area contributed by atoms with Crippen molar-refractivity contribution in [2.24, 2.45) is 0 Å². The van der Waals surface area contributed by atoms with Crippen LogP contribution >= 0.6 is 0 Å². The van der Waals surface area contributed by atoms with E-state index in [1.54, 1.807) is 0 Å². The Labute approximate surface area is 76.7 Å². The van der Waals surface area contributed by atoms with Crippen LogP contribution in [0.15, 0.2) is 0 Å². The van der Waals surface area contributed by atoms with E-state index in [9.17, 15) is 0 Å². The predicted molar refractivity (Wildman–Crippen MR) is 25.5 cm³/mol. The second kappa shape index (κ2) is 15.7. The van der Waals surface area contributed by atoms with E-state index in [0.717, 1.165) is 0 Å². The van der Waals surface area contributed by atoms with Gasteiger partial charge < -0.3 is 16.5 Å². The van der Waals surface area contributed by atoms with Gasteiger partial charge in [-0.05, 0) is 0 Å². The number of hydrogen-bond donors (Lipinski definition) is 2. The Morgan fingerprint density at radius 3 is 1.43 bits per heavy atom. The van der Waals surface area contributed by atoms with Gasteiger partial charge in [-0.25, -0.2) is 0 Å². The van der Waals surface area contributed by atoms with Gasteiger partial charge in [0.15, 0.2) is 17.4 Å². The van der Waals surface area contributed by atoms with Crippen LogP contribution in [0, 0.1) is 0 Å². The molecule has 0 unspecified atom stereocenters. The van der Waals surface area contributed by atoms with Gasteiger partial charge in [0, 0.05) is 0 Å². The quantitative estimate of drug-likeness (QED) is 0.336. The molecular weight excluding hydrogens is 142 g/mol. The molecule has 7 heteroatoms. The van der Waals surface area contributed by atoms with Crippen LogP contribution in [0.4, 0.5) is 0 Å². The third kappa shape index (κ3) is 151. The van der Waals surface area contributed by atoms with Crippen molar-refractivity contribution in [1.29, 1.82) is 0 Å². The minimum absolute atomic E-state index is 0. The average Bonchev–Trinajstić information content (AvgIpc) is 0.811. The molecule has 0 saturated heterocycles. The van der Waals surface area contributed by atoms with Crippen LogP contribution in [0.5, 0.6) is 0 Å². The van der Waals surface area contributed by atoms with E-state index >= 15 is 0 Å². The van der Waals surface area contributed by atoms with E-state index in [1.165, 1.54) is 0 Å². The van der Waals surface area contributed by atoms with Gasteiger partial charge in [0.1, 0.15) is 0 Å². The summed E-state index contributed by atoms with van der Waals surface area (Å²) >= 11 is 0. The molecule has 0 bridgehead atoms. The Morgan fingerprint density at radius 2 is 1.43 bits per heavy atom. The summed E-state index contributed by atoms with van der Waals surface area (Å²) in [6.07, 6.45) is 0. The minimum Gasteiger partial charge on any atom is -1.00 e. The smallest absolute Gasteiger partial charge is 1.00 e. The van der Waals surface area contributed by atoms with Gasteiger partial charge in [0.25, 0.3) is 0 Å². The molecule has 4 nitrogen and oxygen atoms in total. The summed E-state index contributed by atoms with van der Waals surface area (Å²) < 4.78 is 8.74. The standard InChI is InChI=1S/Al.Na.H2O3Si.H2O.4H/c;;1-4(2)3;;;;;/h;;1-2H;1H2;;;;/q;+1;;;;;;-1. The summed E-state index contributed by atoms with van der Waals surface area (Å²) in [5.41, 5.74) is 0. The Kier molecular flexibility index (Phi) is 54.5. The molecule has 0 fully saturated rings. The molecule has 0 heterocycles. The van der Waals surface area contributed by atoms with Crippen LogP contribution in [0.1, 0.15) is 1.43 Å². The third-order valence-electron chi connectivity index (χ3n) is 0. The van der Waals surface area contributed by atoms with E-state index in [2.05, 4.69) is 0 Å². The van der Waals surface area contributed by atoms with Crippen molar-refractivity contribution >= 4 is 26.5 Å². The first-order chi connectivity index (χ1) is 1.73. The van der Waals surface area contributed by atoms with Gasteiger partial charge in [-0.2, -0.15) is 0 Å². The molecule has 0 saturated carbocycles. The largest absolute Gasteiger partial charge is 1.00 e. The summed E-state index contributed by atoms with van der Waals surface area (Å²) in [6, 6.07) is 0. The first-order valence-corrected chi connectivity index (χ1v) is 1.95. The molecule has 0 spiro atoms. The summed E-state index contributed by atoms with van der Waals surface area (Å²) in [4.78, 5) is 14.3. The van der Waals surface area contributed by atoms with E-state index < -0.39 is 9.17 Å². The number of rotatable bonds is 0. The molecule has 0 aromatic heterocycles. The number of hydrogen-bond acceptors (Lipinski definition) is 1. The molecule has 40 valence electrons. The maximum absolute atomic E-state index is 8.74. The van der Waals surface area contributed by atoms with Crippen LogP contribution in [0.3, 0.4) is 0 Å². The van der Waals surface area contributed by atoms with Crippen molar-refractivity contribution < 1.29 is 50.5 Å². The molecule has 0 aliphatic rings. The van der Waals surface area contributed by atoms with Gasteiger partial charge >= 0.3 is 38.7 Å². The predicted octanol–water partition coefficient (Wildman–Crippen LogP) is -6.51. The fourth-order valence-electron chi connectivity index (χ4n) is 0. The summed E-state index contributed by atoms with van der Waals surface area (Å²) in [7, 11) is -3.13. The fraction of sp³-hybridized carbons (Fsp3) is 0. The van der Waals surface area contributed by atoms with Crippen molar-refractivity contribution in [2.45, 2.75) is 0 Å². The molecule has 0 aliphatic carbocycles. The first kappa shape index (κ1) is 24.3. The van der Waals surface area contributed by atoms with Crippen LogP contribution in [-0.2, 0) is 4.46 Å². The third-order valence-corrected chi connectivity index (χ3v) is 0. The van der Waals surface area contributed by atoms with Gasteiger partial charge in [-0.1, -0.05) is 0 Å². The van der Waals surface area contributed by atoms with Gasteiger partial charge in [0.05, 0.1) is 0 Å². The van der Waals surface area contributed by atoms with Crippen LogP contribution in [0.2, 0.25) is 0 Å². The van der Waals surface area contributed by atoms with Gasteiger partial charge in [-0.15, -0.1) is 0 Å². The van der Waals surface area contributed by atoms with Gasteiger partial charge in [0.2, 0.25) is 0 Å². The Hall–Kier alpha value is 1.11. The van der Waals surface area contributed by atoms with Crippen LogP contribution in [-0.4, -0.2) is 41.6 Å². The van der Waals surface area contributed by atoms with Crippen molar-refractivity contribution in [3.8, 4) is 0 Å². The Balaban J connectivity index is -0.00000000750. The van der Waals surface area contributed by atoms with Crippen LogP contribution in [0.25, 0.3) is 0 Å². The van der Waals surface area contributed by atoms with Crippen molar-refractivity contribution in [1.82, 2.24) is 0 Å². The Bertz CT molecular complexity index is 39.0. The molecule has 0 aliphatic heterocycles. The Morgan fingerprint density at radius 1 is 1.43 bits per heavy atom. The zero-order chi connectivity index (χ0) is 3.58. The van der Waals surface area contributed by atoms with E-state index in [4.69, 9.17) is 14.1 Å². The normalized spacial score (nSPS) is 3.43. The maximum Gasteiger partial charge on any atom is 1.00 e. The second-order valence-electron chi connectivity index (χ2n) is 0.283. The molecule has 0 amide bonds.